The first-order valence-corrected chi connectivity index (χ1v) is 10.6. The standard InChI is InChI=1S/C23H32N4O/c1-3-4-5-6-14-24-23(28)20-11-8-15-27(17-20)22-13-12-21(25-26-22)19-10-7-9-18(2)16-19/h7,9-10,12-13,16,20H,3-6,8,11,14-15,17H2,1-2H3,(H,24,28)/t20-/m0/s1. The smallest absolute Gasteiger partial charge is 0.224 e. The summed E-state index contributed by atoms with van der Waals surface area (Å²) in [6.07, 6.45) is 6.68. The molecule has 2 aromatic rings. The summed E-state index contributed by atoms with van der Waals surface area (Å²) in [6, 6.07) is 12.3. The Kier molecular flexibility index (Phi) is 7.40. The second kappa shape index (κ2) is 10.2. The lowest BCUT2D eigenvalue weighted by atomic mass is 9.97. The van der Waals surface area contributed by atoms with Gasteiger partial charge in [0.1, 0.15) is 0 Å². The molecule has 0 unspecified atom stereocenters. The zero-order valence-corrected chi connectivity index (χ0v) is 17.2. The third kappa shape index (κ3) is 5.54. The van der Waals surface area contributed by atoms with Crippen molar-refractivity contribution in [1.82, 2.24) is 15.5 Å². The number of piperidine rings is 1. The van der Waals surface area contributed by atoms with E-state index in [4.69, 9.17) is 0 Å². The Hall–Kier alpha value is -2.43. The van der Waals surface area contributed by atoms with E-state index in [1.165, 1.54) is 24.8 Å². The van der Waals surface area contributed by atoms with Crippen LogP contribution in [-0.4, -0.2) is 35.7 Å². The van der Waals surface area contributed by atoms with Crippen molar-refractivity contribution in [2.75, 3.05) is 24.5 Å². The normalized spacial score (nSPS) is 16.8. The SMILES string of the molecule is CCCCCCNC(=O)[C@H]1CCCN(c2ccc(-c3cccc(C)c3)nn2)C1. The number of rotatable bonds is 8. The number of amides is 1. The van der Waals surface area contributed by atoms with Crippen molar-refractivity contribution >= 4 is 11.7 Å². The van der Waals surface area contributed by atoms with Crippen LogP contribution in [0.1, 0.15) is 51.0 Å². The second-order valence-electron chi connectivity index (χ2n) is 7.78. The molecular formula is C23H32N4O. The van der Waals surface area contributed by atoms with Gasteiger partial charge in [-0.2, -0.15) is 0 Å². The molecule has 1 aliphatic heterocycles. The highest BCUT2D eigenvalue weighted by atomic mass is 16.1. The minimum atomic E-state index is 0.0400. The highest BCUT2D eigenvalue weighted by Crippen LogP contribution is 2.24. The minimum absolute atomic E-state index is 0.0400. The van der Waals surface area contributed by atoms with E-state index in [2.05, 4.69) is 52.5 Å². The maximum Gasteiger partial charge on any atom is 0.224 e. The van der Waals surface area contributed by atoms with Crippen molar-refractivity contribution in [3.05, 3.63) is 42.0 Å². The minimum Gasteiger partial charge on any atom is -0.356 e. The van der Waals surface area contributed by atoms with Gasteiger partial charge in [0.2, 0.25) is 5.91 Å². The molecule has 1 aromatic carbocycles. The predicted octanol–water partition coefficient (Wildman–Crippen LogP) is 4.36. The number of nitrogens with zero attached hydrogens (tertiary/aromatic N) is 3. The van der Waals surface area contributed by atoms with E-state index in [-0.39, 0.29) is 11.8 Å². The Morgan fingerprint density at radius 3 is 2.82 bits per heavy atom. The lowest BCUT2D eigenvalue weighted by Crippen LogP contribution is -2.43. The van der Waals surface area contributed by atoms with Crippen LogP contribution in [0, 0.1) is 12.8 Å². The van der Waals surface area contributed by atoms with Crippen LogP contribution in [0.5, 0.6) is 0 Å². The predicted molar refractivity (Wildman–Crippen MR) is 114 cm³/mol. The van der Waals surface area contributed by atoms with Gasteiger partial charge in [-0.3, -0.25) is 4.79 Å². The molecular weight excluding hydrogens is 348 g/mol. The molecule has 150 valence electrons. The van der Waals surface area contributed by atoms with Crippen molar-refractivity contribution in [2.24, 2.45) is 5.92 Å². The molecule has 5 heteroatoms. The quantitative estimate of drug-likeness (QED) is 0.691. The molecule has 1 fully saturated rings. The first-order valence-electron chi connectivity index (χ1n) is 10.6. The number of anilines is 1. The summed E-state index contributed by atoms with van der Waals surface area (Å²) in [5.74, 6) is 1.08. The molecule has 0 radical (unpaired) electrons. The molecule has 1 amide bonds. The lowest BCUT2D eigenvalue weighted by molar-refractivity contribution is -0.125. The van der Waals surface area contributed by atoms with Crippen molar-refractivity contribution < 1.29 is 4.79 Å². The zero-order valence-electron chi connectivity index (χ0n) is 17.2. The van der Waals surface area contributed by atoms with Crippen LogP contribution in [0.3, 0.4) is 0 Å². The highest BCUT2D eigenvalue weighted by molar-refractivity contribution is 5.79. The topological polar surface area (TPSA) is 58.1 Å². The van der Waals surface area contributed by atoms with E-state index in [1.54, 1.807) is 0 Å². The summed E-state index contributed by atoms with van der Waals surface area (Å²) < 4.78 is 0. The molecule has 1 atom stereocenters. The number of nitrogens with one attached hydrogen (secondary N) is 1. The summed E-state index contributed by atoms with van der Waals surface area (Å²) in [7, 11) is 0. The van der Waals surface area contributed by atoms with Gasteiger partial charge in [0.15, 0.2) is 5.82 Å². The third-order valence-corrected chi connectivity index (χ3v) is 5.41. The van der Waals surface area contributed by atoms with Gasteiger partial charge < -0.3 is 10.2 Å². The van der Waals surface area contributed by atoms with Gasteiger partial charge in [-0.25, -0.2) is 0 Å². The number of unbranched alkanes of at least 4 members (excludes halogenated alkanes) is 3. The van der Waals surface area contributed by atoms with Crippen molar-refractivity contribution in [1.29, 1.82) is 0 Å². The van der Waals surface area contributed by atoms with Gasteiger partial charge in [-0.15, -0.1) is 10.2 Å². The summed E-state index contributed by atoms with van der Waals surface area (Å²) in [6.45, 7) is 6.72. The Bertz CT molecular complexity index is 759. The summed E-state index contributed by atoms with van der Waals surface area (Å²) in [5.41, 5.74) is 3.17. The van der Waals surface area contributed by atoms with E-state index in [1.807, 2.05) is 18.2 Å². The molecule has 28 heavy (non-hydrogen) atoms. The fourth-order valence-corrected chi connectivity index (χ4v) is 3.76. The van der Waals surface area contributed by atoms with Gasteiger partial charge >= 0.3 is 0 Å². The zero-order chi connectivity index (χ0) is 19.8. The fraction of sp³-hybridized carbons (Fsp3) is 0.522. The van der Waals surface area contributed by atoms with Crippen LogP contribution >= 0.6 is 0 Å². The average Bonchev–Trinajstić information content (AvgIpc) is 2.74. The van der Waals surface area contributed by atoms with Gasteiger partial charge in [-0.1, -0.05) is 49.9 Å². The number of hydrogen-bond donors (Lipinski definition) is 1. The third-order valence-electron chi connectivity index (χ3n) is 5.41. The Morgan fingerprint density at radius 2 is 2.07 bits per heavy atom. The summed E-state index contributed by atoms with van der Waals surface area (Å²) in [5, 5.41) is 12.0. The molecule has 3 rings (SSSR count). The molecule has 0 spiro atoms. The van der Waals surface area contributed by atoms with E-state index < -0.39 is 0 Å². The number of aryl methyl sites for hydroxylation is 1. The first-order chi connectivity index (χ1) is 13.7. The maximum atomic E-state index is 12.5. The molecule has 1 aromatic heterocycles. The number of hydrogen-bond acceptors (Lipinski definition) is 4. The van der Waals surface area contributed by atoms with Gasteiger partial charge in [0.05, 0.1) is 11.6 Å². The van der Waals surface area contributed by atoms with E-state index in [0.717, 1.165) is 56.0 Å². The molecule has 1 saturated heterocycles. The van der Waals surface area contributed by atoms with Crippen LogP contribution in [0.2, 0.25) is 0 Å². The van der Waals surface area contributed by atoms with Crippen molar-refractivity contribution in [3.63, 3.8) is 0 Å². The van der Waals surface area contributed by atoms with Crippen LogP contribution < -0.4 is 10.2 Å². The summed E-state index contributed by atoms with van der Waals surface area (Å²) in [4.78, 5) is 14.7. The van der Waals surface area contributed by atoms with E-state index in [0.29, 0.717) is 0 Å². The average molecular weight is 381 g/mol. The highest BCUT2D eigenvalue weighted by Gasteiger charge is 2.26. The molecule has 0 saturated carbocycles. The van der Waals surface area contributed by atoms with Crippen LogP contribution in [-0.2, 0) is 4.79 Å². The van der Waals surface area contributed by atoms with Crippen molar-refractivity contribution in [3.8, 4) is 11.3 Å². The second-order valence-corrected chi connectivity index (χ2v) is 7.78. The lowest BCUT2D eigenvalue weighted by Gasteiger charge is -2.32. The molecule has 0 aliphatic carbocycles. The van der Waals surface area contributed by atoms with E-state index >= 15 is 0 Å². The maximum absolute atomic E-state index is 12.5. The fourth-order valence-electron chi connectivity index (χ4n) is 3.76. The monoisotopic (exact) mass is 380 g/mol. The number of aromatic nitrogens is 2. The molecule has 2 heterocycles. The molecule has 0 bridgehead atoms. The largest absolute Gasteiger partial charge is 0.356 e. The number of carbonyl (C=O) groups excluding carboxylic acids is 1. The Labute approximate surface area is 168 Å². The number of carbonyl (C=O) groups is 1. The van der Waals surface area contributed by atoms with Crippen LogP contribution in [0.25, 0.3) is 11.3 Å². The first kappa shape index (κ1) is 20.3. The Morgan fingerprint density at radius 1 is 1.18 bits per heavy atom. The van der Waals surface area contributed by atoms with Crippen LogP contribution in [0.4, 0.5) is 5.82 Å². The molecule has 5 nitrogen and oxygen atoms in total. The Balaban J connectivity index is 1.55. The molecule has 1 aliphatic rings. The van der Waals surface area contributed by atoms with Gasteiger partial charge in [-0.05, 0) is 44.4 Å². The molecule has 1 N–H and O–H groups in total. The number of benzene rings is 1. The van der Waals surface area contributed by atoms with E-state index in [9.17, 15) is 4.79 Å². The van der Waals surface area contributed by atoms with Gasteiger partial charge in [0.25, 0.3) is 0 Å². The summed E-state index contributed by atoms with van der Waals surface area (Å²) >= 11 is 0. The van der Waals surface area contributed by atoms with Crippen molar-refractivity contribution in [2.45, 2.75) is 52.4 Å². The van der Waals surface area contributed by atoms with Gasteiger partial charge in [0, 0.05) is 25.2 Å². The van der Waals surface area contributed by atoms with Crippen LogP contribution in [0.15, 0.2) is 36.4 Å².